The van der Waals surface area contributed by atoms with Crippen molar-refractivity contribution in [3.05, 3.63) is 245 Å². The van der Waals surface area contributed by atoms with Gasteiger partial charge in [-0.25, -0.2) is 0 Å². The lowest BCUT2D eigenvalue weighted by molar-refractivity contribution is 0.411. The zero-order chi connectivity index (χ0) is 80.0. The molecule has 0 saturated heterocycles. The van der Waals surface area contributed by atoms with Crippen LogP contribution in [-0.4, -0.2) is 0 Å². The minimum Gasteiger partial charge on any atom is -0.0625 e. The predicted molar refractivity (Wildman–Crippen MR) is 382 cm³/mol. The number of benzene rings is 7. The van der Waals surface area contributed by atoms with E-state index in [2.05, 4.69) is 182 Å². The van der Waals surface area contributed by atoms with E-state index in [0.29, 0.717) is 39.2 Å². The summed E-state index contributed by atoms with van der Waals surface area (Å²) < 4.78 is 140. The Labute approximate surface area is 546 Å². The average molecular weight is 1150 g/mol. The maximum Gasteiger partial charge on any atom is 0.0628 e. The highest BCUT2D eigenvalue weighted by molar-refractivity contribution is 5.44. The van der Waals surface area contributed by atoms with Gasteiger partial charge in [0.2, 0.25) is 0 Å². The molecule has 7 aromatic rings. The van der Waals surface area contributed by atoms with Gasteiger partial charge in [0.25, 0.3) is 0 Å². The summed E-state index contributed by atoms with van der Waals surface area (Å²) in [6.07, 6.45) is 3.29. The third-order valence-electron chi connectivity index (χ3n) is 13.8. The molecule has 0 aromatic heterocycles. The van der Waals surface area contributed by atoms with Gasteiger partial charge in [-0.3, -0.25) is 0 Å². The highest BCUT2D eigenvalue weighted by Gasteiger charge is 2.20. The van der Waals surface area contributed by atoms with E-state index in [4.69, 9.17) is 24.7 Å². The SMILES string of the molecule is Cc1ccc(C)cc1.Cc1ccc(CC(C)(C)C)cc1.Cc1ccc(CC(C)C)cc1.[2H]C(C)(C)c1cc(C(C)(C)C)cc(C([2H])(C)C)c1C.[2H]C(C)(C)c1cc(C([2H])(C)C([2H])([2H])[2H])c(C)c(C([2H])(C)C([2H])([2H])[2H])c1.[2H]C([2H])([2H])c1cc(CC(C)C)ccc1C.[2H]c1c([2H])c(C)c([2H])c(C)c1[2H]. The van der Waals surface area contributed by atoms with Gasteiger partial charge in [0, 0.05) is 19.2 Å². The van der Waals surface area contributed by atoms with Crippen LogP contribution in [0.2, 0.25) is 0 Å². The van der Waals surface area contributed by atoms with Crippen LogP contribution in [0.3, 0.4) is 0 Å². The van der Waals surface area contributed by atoms with Crippen LogP contribution in [0.1, 0.15) is 298 Å². The van der Waals surface area contributed by atoms with E-state index >= 15 is 0 Å². The Hall–Kier alpha value is -5.46. The molecule has 2 atom stereocenters. The Morgan fingerprint density at radius 1 is 0.393 bits per heavy atom. The minimum atomic E-state index is -2.64. The summed E-state index contributed by atoms with van der Waals surface area (Å²) in [5.74, 6) is -5.06. The number of aryl methyl sites for hydroxylation is 6. The van der Waals surface area contributed by atoms with Crippen LogP contribution in [0.15, 0.2) is 139 Å². The van der Waals surface area contributed by atoms with Gasteiger partial charge in [0.1, 0.15) is 0 Å². The quantitative estimate of drug-likeness (QED) is 0.128. The summed E-state index contributed by atoms with van der Waals surface area (Å²) in [5.41, 5.74) is 17.4. The summed E-state index contributed by atoms with van der Waals surface area (Å²) in [6.45, 7) is 45.4. The van der Waals surface area contributed by atoms with E-state index in [-0.39, 0.29) is 40.7 Å². The second-order valence-corrected chi connectivity index (χ2v) is 26.9. The van der Waals surface area contributed by atoms with Crippen molar-refractivity contribution in [2.75, 3.05) is 0 Å². The van der Waals surface area contributed by atoms with Crippen LogP contribution >= 0.6 is 0 Å². The molecule has 2 unspecified atom stereocenters. The molecule has 0 heterocycles. The molecule has 84 heavy (non-hydrogen) atoms. The fraction of sp³-hybridized carbons (Fsp3) is 0.500. The predicted octanol–water partition coefficient (Wildman–Crippen LogP) is 25.8. The minimum absolute atomic E-state index is 0.00407. The fourth-order valence-corrected chi connectivity index (χ4v) is 8.95. The van der Waals surface area contributed by atoms with Crippen molar-refractivity contribution < 1.29 is 24.7 Å². The molecule has 0 spiro atoms. The summed E-state index contributed by atoms with van der Waals surface area (Å²) in [4.78, 5) is 0. The van der Waals surface area contributed by atoms with Crippen LogP contribution in [0.5, 0.6) is 0 Å². The Kier molecular flexibility index (Phi) is 22.4. The molecule has 462 valence electrons. The zero-order valence-electron chi connectivity index (χ0n) is 75.7. The van der Waals surface area contributed by atoms with Gasteiger partial charge in [-0.15, -0.1) is 0 Å². The molecule has 7 rings (SSSR count). The Morgan fingerprint density at radius 3 is 1.08 bits per heavy atom. The van der Waals surface area contributed by atoms with Crippen molar-refractivity contribution in [3.63, 3.8) is 0 Å². The molecule has 0 radical (unpaired) electrons. The molecule has 0 aliphatic rings. The molecule has 0 nitrogen and oxygen atoms in total. The highest BCUT2D eigenvalue weighted by atomic mass is 14.2. The van der Waals surface area contributed by atoms with Gasteiger partial charge >= 0.3 is 0 Å². The maximum atomic E-state index is 8.39. The third kappa shape index (κ3) is 31.1. The monoisotopic (exact) mass is 1150 g/mol. The Morgan fingerprint density at radius 2 is 0.750 bits per heavy atom. The molecular weight excluding hydrogens is 1010 g/mol. The first kappa shape index (κ1) is 50.7. The van der Waals surface area contributed by atoms with Gasteiger partial charge in [0.15, 0.2) is 0 Å². The summed E-state index contributed by atoms with van der Waals surface area (Å²) in [5, 5.41) is 0. The summed E-state index contributed by atoms with van der Waals surface area (Å²) >= 11 is 0. The normalized spacial score (nSPS) is 16.5. The highest BCUT2D eigenvalue weighted by Crippen LogP contribution is 2.34. The van der Waals surface area contributed by atoms with E-state index < -0.39 is 50.0 Å². The van der Waals surface area contributed by atoms with Crippen molar-refractivity contribution in [2.24, 2.45) is 17.3 Å². The van der Waals surface area contributed by atoms with Crippen LogP contribution in [0.25, 0.3) is 0 Å². The van der Waals surface area contributed by atoms with Gasteiger partial charge in [-0.05, 0) is 213 Å². The van der Waals surface area contributed by atoms with Crippen molar-refractivity contribution >= 4 is 0 Å². The zero-order valence-corrected chi connectivity index (χ0v) is 57.7. The summed E-state index contributed by atoms with van der Waals surface area (Å²) in [6, 6.07) is 39.2. The van der Waals surface area contributed by atoms with Crippen molar-refractivity contribution in [2.45, 2.75) is 262 Å². The number of hydrogen-bond acceptors (Lipinski definition) is 0. The standard InChI is InChI=1S/C17H28.C16H26.2C12H18.C11H16.2C8H10/c1-11(2)15-9-14(17(6,7)8)10-16(12(3)4)13(15)5;1-10(2)14-8-15(11(3)4)13(7)16(9-14)12(5)6;1-10-5-7-11(8-6-10)9-12(2,3)4;1-9(2)7-12-6-5-10(3)11(4)8-12;1-9(2)8-11-6-4-10(3)5-7-11;1-7-3-5-8(2)6-4-7;1-7-4-3-5-8(2)6-7/h9-12H,1-8H3;8-12H,1-7H3;5-8H,9H2,1-4H3;5-6,8-9H,7H2,1-4H3;4-7,9H,8H2,1-3H3;2*3-6H,1-2H3/i11D,12D;3D3,5D3,10D,11D,12D;;4D3;;;3D,4D,5D,6D. The first-order valence-electron chi connectivity index (χ1n) is 39.3. The maximum absolute atomic E-state index is 8.39. The van der Waals surface area contributed by atoms with E-state index in [0.717, 1.165) is 46.6 Å². The average Bonchev–Trinajstić information content (AvgIpc) is 0.744. The largest absolute Gasteiger partial charge is 0.0628 e. The molecule has 0 fully saturated rings. The van der Waals surface area contributed by atoms with Crippen molar-refractivity contribution in [1.29, 1.82) is 0 Å². The van der Waals surface area contributed by atoms with Crippen LogP contribution in [0, 0.1) is 86.4 Å². The van der Waals surface area contributed by atoms with Crippen molar-refractivity contribution in [3.8, 4) is 0 Å². The van der Waals surface area contributed by atoms with Gasteiger partial charge in [-0.1, -0.05) is 311 Å². The number of rotatable bonds is 10. The summed E-state index contributed by atoms with van der Waals surface area (Å²) in [7, 11) is 0. The lowest BCUT2D eigenvalue weighted by Gasteiger charge is -2.25. The fourth-order valence-electron chi connectivity index (χ4n) is 8.95. The molecule has 0 aliphatic heterocycles. The molecule has 7 aromatic carbocycles. The molecule has 0 saturated carbocycles. The molecular formula is C84H126. The molecule has 0 heteroatoms. The first-order valence-corrected chi connectivity index (χ1v) is 30.3. The molecule has 0 bridgehead atoms. The Bertz CT molecular complexity index is 3540. The topological polar surface area (TPSA) is 0 Å². The van der Waals surface area contributed by atoms with Gasteiger partial charge < -0.3 is 0 Å². The lowest BCUT2D eigenvalue weighted by atomic mass is 9.80. The molecule has 0 aliphatic carbocycles. The van der Waals surface area contributed by atoms with E-state index in [1.807, 2.05) is 59.7 Å². The van der Waals surface area contributed by atoms with Crippen molar-refractivity contribution in [1.82, 2.24) is 0 Å². The van der Waals surface area contributed by atoms with Gasteiger partial charge in [0.05, 0.1) is 5.48 Å². The number of hydrogen-bond donors (Lipinski definition) is 0. The second kappa shape index (κ2) is 37.2. The van der Waals surface area contributed by atoms with Gasteiger partial charge in [-0.2, -0.15) is 0 Å². The first-order chi connectivity index (χ1) is 45.7. The third-order valence-corrected chi connectivity index (χ3v) is 13.8. The van der Waals surface area contributed by atoms with Crippen LogP contribution < -0.4 is 0 Å². The van der Waals surface area contributed by atoms with E-state index in [1.54, 1.807) is 34.6 Å². The lowest BCUT2D eigenvalue weighted by Crippen LogP contribution is -2.14. The Balaban J connectivity index is 0.000000611. The van der Waals surface area contributed by atoms with Crippen LogP contribution in [0.4, 0.5) is 0 Å². The molecule has 0 N–H and O–H groups in total. The molecule has 0 amide bonds. The van der Waals surface area contributed by atoms with E-state index in [1.165, 1.54) is 71.3 Å². The van der Waals surface area contributed by atoms with Crippen LogP contribution in [-0.2, 0) is 24.7 Å². The second-order valence-electron chi connectivity index (χ2n) is 26.9. The smallest absolute Gasteiger partial charge is 0.0625 e. The van der Waals surface area contributed by atoms with E-state index in [9.17, 15) is 0 Å².